The van der Waals surface area contributed by atoms with Crippen LogP contribution in [0.4, 0.5) is 10.5 Å². The van der Waals surface area contributed by atoms with Crippen LogP contribution in [0.1, 0.15) is 125 Å². The van der Waals surface area contributed by atoms with Crippen LogP contribution in [-0.2, 0) is 78.8 Å². The van der Waals surface area contributed by atoms with Gasteiger partial charge in [-0.05, 0) is 68.1 Å². The first-order chi connectivity index (χ1) is 43.2. The third kappa shape index (κ3) is 22.6. The summed E-state index contributed by atoms with van der Waals surface area (Å²) in [6.07, 6.45) is 0.193. The monoisotopic (exact) mass is 1330 g/mol. The van der Waals surface area contributed by atoms with Gasteiger partial charge < -0.3 is 65.0 Å². The van der Waals surface area contributed by atoms with E-state index in [9.17, 15) is 66.0 Å². The van der Waals surface area contributed by atoms with E-state index >= 15 is 0 Å². The van der Waals surface area contributed by atoms with Crippen LogP contribution in [0.3, 0.4) is 0 Å². The number of rotatable bonds is 35. The first-order valence-corrected chi connectivity index (χ1v) is 32.6. The number of aliphatic hydroxyl groups is 1. The predicted molar refractivity (Wildman–Crippen MR) is 337 cm³/mol. The number of carbonyl (C=O) groups excluding carboxylic acids is 10. The molecule has 0 aliphatic carbocycles. The molecule has 93 heavy (non-hydrogen) atoms. The zero-order chi connectivity index (χ0) is 69.1. The Morgan fingerprint density at radius 1 is 0.753 bits per heavy atom. The Bertz CT molecular complexity index is 3030. The third-order valence-electron chi connectivity index (χ3n) is 16.9. The molecule has 6 N–H and O–H groups in total. The van der Waals surface area contributed by atoms with Crippen molar-refractivity contribution >= 4 is 75.1 Å². The summed E-state index contributed by atoms with van der Waals surface area (Å²) in [6, 6.07) is 5.67. The molecule has 0 saturated carbocycles. The van der Waals surface area contributed by atoms with E-state index in [1.807, 2.05) is 19.9 Å². The maximum atomic E-state index is 14.8. The van der Waals surface area contributed by atoms with Crippen LogP contribution in [-0.4, -0.2) is 206 Å². The average molecular weight is 1330 g/mol. The second-order valence-corrected chi connectivity index (χ2v) is 26.0. The van der Waals surface area contributed by atoms with Gasteiger partial charge in [-0.25, -0.2) is 13.2 Å². The van der Waals surface area contributed by atoms with E-state index in [1.165, 1.54) is 39.2 Å². The number of aliphatic hydroxyl groups excluding tert-OH is 1. The first-order valence-electron chi connectivity index (χ1n) is 31.2. The molecular formula is C64H96N9NaO18S. The normalized spacial score (nSPS) is 17.6. The summed E-state index contributed by atoms with van der Waals surface area (Å²) in [5.41, 5.74) is 0.202. The Morgan fingerprint density at radius 2 is 1.38 bits per heavy atom. The number of ether oxygens (including phenoxy) is 4. The van der Waals surface area contributed by atoms with E-state index in [-0.39, 0.29) is 91.1 Å². The Morgan fingerprint density at radius 3 is 1.94 bits per heavy atom. The van der Waals surface area contributed by atoms with Gasteiger partial charge in [-0.2, -0.15) is 0 Å². The Hall–Kier alpha value is -6.37. The molecule has 27 nitrogen and oxygen atoms in total. The van der Waals surface area contributed by atoms with Gasteiger partial charge in [-0.1, -0.05) is 105 Å². The van der Waals surface area contributed by atoms with E-state index in [4.69, 9.17) is 18.9 Å². The molecule has 12 atom stereocenters. The van der Waals surface area contributed by atoms with E-state index in [0.717, 1.165) is 34.1 Å². The van der Waals surface area contributed by atoms with Gasteiger partial charge in [0.15, 0.2) is 0 Å². The van der Waals surface area contributed by atoms with E-state index in [0.29, 0.717) is 31.4 Å². The minimum absolute atomic E-state index is 0. The molecule has 1 fully saturated rings. The molecule has 2 heterocycles. The summed E-state index contributed by atoms with van der Waals surface area (Å²) in [6.45, 7) is 18.3. The van der Waals surface area contributed by atoms with Gasteiger partial charge in [-0.15, -0.1) is 0 Å². The molecule has 4 rings (SSSR count). The summed E-state index contributed by atoms with van der Waals surface area (Å²) in [7, 11) is 0.523. The van der Waals surface area contributed by atoms with Crippen LogP contribution in [0, 0.1) is 29.6 Å². The fourth-order valence-electron chi connectivity index (χ4n) is 11.4. The van der Waals surface area contributed by atoms with Gasteiger partial charge in [0.05, 0.1) is 73.4 Å². The summed E-state index contributed by atoms with van der Waals surface area (Å²) < 4.78 is 60.8. The van der Waals surface area contributed by atoms with Crippen LogP contribution in [0.2, 0.25) is 0 Å². The number of methoxy groups -OCH3 is 2. The van der Waals surface area contributed by atoms with Crippen LogP contribution in [0.25, 0.3) is 0 Å². The van der Waals surface area contributed by atoms with E-state index in [2.05, 4.69) is 26.6 Å². The molecule has 2 aliphatic rings. The fourth-order valence-corrected chi connectivity index (χ4v) is 12.1. The molecule has 0 bridgehead atoms. The van der Waals surface area contributed by atoms with E-state index in [1.54, 1.807) is 91.6 Å². The number of amides is 10. The van der Waals surface area contributed by atoms with Crippen molar-refractivity contribution in [2.24, 2.45) is 29.6 Å². The van der Waals surface area contributed by atoms with Crippen molar-refractivity contribution in [2.45, 2.75) is 180 Å². The maximum absolute atomic E-state index is 14.8. The van der Waals surface area contributed by atoms with Crippen molar-refractivity contribution < 1.29 is 115 Å². The predicted octanol–water partition coefficient (Wildman–Crippen LogP) is 0.403. The van der Waals surface area contributed by atoms with Gasteiger partial charge in [0.25, 0.3) is 11.8 Å². The Kier molecular flexibility index (Phi) is 32.7. The molecule has 29 heteroatoms. The number of anilines is 1. The fraction of sp³-hybridized carbons (Fsp3) is 0.625. The van der Waals surface area contributed by atoms with Gasteiger partial charge in [-0.3, -0.25) is 53.0 Å². The number of likely N-dealkylation sites (N-methyl/N-ethyl adjacent to an activating group) is 2. The summed E-state index contributed by atoms with van der Waals surface area (Å²) >= 11 is 0. The van der Waals surface area contributed by atoms with Crippen LogP contribution in [0.5, 0.6) is 0 Å². The molecular weight excluding hydrogens is 1240 g/mol. The molecule has 10 amide bonds. The first kappa shape index (κ1) is 80.9. The Balaban J connectivity index is 0.0000226. The van der Waals surface area contributed by atoms with Crippen LogP contribution in [0.15, 0.2) is 65.6 Å². The van der Waals surface area contributed by atoms with Gasteiger partial charge in [0.1, 0.15) is 40.9 Å². The quantitative estimate of drug-likeness (QED) is 0.0235. The molecule has 0 radical (unpaired) electrons. The molecule has 0 aromatic heterocycles. The SMILES string of the molecule is CC[C@H](C)[C@@H]([C@@H](CC(=O)N1CCC[C@H]1[C@H](OC)[C@@H](C)C(=O)N[C@H](C)[C@@H](O)c1ccccc1)OC)N(C)C(=O)[C@@H](NC(=O)[C@H](C(C)C)N(C)C(=O)OCc1ccc(NC(=O)[C@H](C)NC(=O)[C@@H](NC(=O)CCOCCN2C(=O)C=CC2=O)C(C)C)cc1S(=O)(=O)[O-])C(C)C.[Na+]. The minimum Gasteiger partial charge on any atom is -0.744 e. The molecule has 2 aromatic carbocycles. The zero-order valence-electron chi connectivity index (χ0n) is 56.6. The molecule has 2 aromatic rings. The topological polar surface area (TPSA) is 358 Å². The molecule has 0 spiro atoms. The number of carbonyl (C=O) groups is 10. The van der Waals surface area contributed by atoms with Crippen molar-refractivity contribution in [3.63, 3.8) is 0 Å². The third-order valence-corrected chi connectivity index (χ3v) is 17.8. The second-order valence-electron chi connectivity index (χ2n) is 24.6. The maximum Gasteiger partial charge on any atom is 1.00 e. The van der Waals surface area contributed by atoms with Gasteiger partial charge in [0.2, 0.25) is 41.4 Å². The minimum atomic E-state index is -5.29. The Labute approximate surface area is 568 Å². The van der Waals surface area contributed by atoms with Gasteiger partial charge in [0, 0.05) is 64.7 Å². The van der Waals surface area contributed by atoms with Crippen molar-refractivity contribution in [3.8, 4) is 0 Å². The summed E-state index contributed by atoms with van der Waals surface area (Å²) in [5, 5.41) is 24.3. The molecule has 0 unspecified atom stereocenters. The standard InChI is InChI=1S/C64H97N9O18S.Na/c1-16-39(8)56(47(88-14)34-52(77)72-29-20-23-46(72)58(89-15)40(9)59(79)65-41(10)57(78)43-21-18-17-19-22-43)70(12)63(83)54(37(4)5)69-62(82)55(38(6)7)71(13)64(84)91-35-44-24-25-45(33-48(44)92(85,86)87)67-60(80)42(11)66-61(81)53(36(2)3)68-49(74)28-31-90-32-30-73-50(75)26-27-51(73)76;/h17-19,21-22,24-27,33,36-42,46-47,53-58,78H,16,20,23,28-32,34-35H2,1-15H3,(H,65,79)(H,66,81)(H,67,80)(H,68,74)(H,69,82)(H,85,86,87);/q;+1/p-1/t39-,40+,41+,42-,46-,47+,53-,54-,55-,56-,57+,58+;/m0./s1. The van der Waals surface area contributed by atoms with E-state index < -0.39 is 153 Å². The number of nitrogens with zero attached hydrogens (tertiary/aromatic N) is 4. The molecule has 512 valence electrons. The second kappa shape index (κ2) is 37.7. The van der Waals surface area contributed by atoms with Crippen LogP contribution < -0.4 is 56.1 Å². The summed E-state index contributed by atoms with van der Waals surface area (Å²) in [5.74, 6) is -7.37. The summed E-state index contributed by atoms with van der Waals surface area (Å²) in [4.78, 5) is 138. The van der Waals surface area contributed by atoms with Crippen molar-refractivity contribution in [3.05, 3.63) is 71.8 Å². The number of likely N-dealkylation sites (tertiary alicyclic amines) is 1. The number of hydrogen-bond acceptors (Lipinski definition) is 18. The van der Waals surface area contributed by atoms with Gasteiger partial charge >= 0.3 is 35.7 Å². The zero-order valence-corrected chi connectivity index (χ0v) is 59.4. The molecule has 2 aliphatic heterocycles. The number of nitrogens with one attached hydrogen (secondary N) is 5. The van der Waals surface area contributed by atoms with Crippen molar-refractivity contribution in [1.82, 2.24) is 40.9 Å². The number of imide groups is 1. The number of benzene rings is 2. The molecule has 1 saturated heterocycles. The van der Waals surface area contributed by atoms with Crippen LogP contribution >= 0.6 is 0 Å². The average Bonchev–Trinajstić information content (AvgIpc) is 1.68. The smallest absolute Gasteiger partial charge is 0.744 e. The van der Waals surface area contributed by atoms with Crippen molar-refractivity contribution in [2.75, 3.05) is 59.9 Å². The van der Waals surface area contributed by atoms with Crippen molar-refractivity contribution in [1.29, 1.82) is 0 Å². The number of hydrogen-bond donors (Lipinski definition) is 6. The largest absolute Gasteiger partial charge is 1.00 e.